The van der Waals surface area contributed by atoms with E-state index in [1.165, 1.54) is 23.9 Å². The van der Waals surface area contributed by atoms with Crippen molar-refractivity contribution >= 4 is 17.6 Å². The van der Waals surface area contributed by atoms with Crippen LogP contribution in [0.3, 0.4) is 0 Å². The van der Waals surface area contributed by atoms with E-state index in [-0.39, 0.29) is 17.9 Å². The van der Waals surface area contributed by atoms with Gasteiger partial charge in [-0.1, -0.05) is 0 Å². The molecular weight excluding hydrogens is 265 g/mol. The van der Waals surface area contributed by atoms with Crippen molar-refractivity contribution in [1.82, 2.24) is 0 Å². The molecule has 0 saturated heterocycles. The van der Waals surface area contributed by atoms with Crippen LogP contribution in [0.15, 0.2) is 18.2 Å². The summed E-state index contributed by atoms with van der Waals surface area (Å²) in [6.07, 6.45) is -2.69. The topological polar surface area (TPSA) is 59.1 Å². The van der Waals surface area contributed by atoms with E-state index in [2.05, 4.69) is 0 Å². The van der Waals surface area contributed by atoms with Gasteiger partial charge < -0.3 is 10.5 Å². The van der Waals surface area contributed by atoms with Crippen LogP contribution in [-0.2, 0) is 6.18 Å². The lowest BCUT2D eigenvalue weighted by atomic mass is 10.1. The lowest BCUT2D eigenvalue weighted by Gasteiger charge is -2.14. The summed E-state index contributed by atoms with van der Waals surface area (Å²) in [6.45, 7) is 0.198. The number of rotatable bonds is 5. The first-order valence-electron chi connectivity index (χ1n) is 5.03. The summed E-state index contributed by atoms with van der Waals surface area (Å²) in [7, 11) is 0. The molecule has 0 aliphatic carbocycles. The second-order valence-corrected chi connectivity index (χ2v) is 4.45. The first-order valence-corrected chi connectivity index (χ1v) is 6.43. The first-order chi connectivity index (χ1) is 8.36. The number of hydrogen-bond acceptors (Lipinski definition) is 3. The SMILES string of the molecule is CSCCOc1ccc(C(=N)N)cc1C(F)(F)F. The van der Waals surface area contributed by atoms with Crippen LogP contribution in [0.1, 0.15) is 11.1 Å². The van der Waals surface area contributed by atoms with Gasteiger partial charge in [0.15, 0.2) is 0 Å². The molecule has 0 radical (unpaired) electrons. The monoisotopic (exact) mass is 278 g/mol. The predicted octanol–water partition coefficient (Wildman–Crippen LogP) is 2.73. The molecular formula is C11H13F3N2OS. The molecule has 0 saturated carbocycles. The summed E-state index contributed by atoms with van der Waals surface area (Å²) in [5, 5.41) is 7.14. The molecule has 0 aromatic heterocycles. The van der Waals surface area contributed by atoms with E-state index < -0.39 is 17.6 Å². The normalized spacial score (nSPS) is 11.3. The highest BCUT2D eigenvalue weighted by Gasteiger charge is 2.34. The maximum atomic E-state index is 12.8. The fourth-order valence-corrected chi connectivity index (χ4v) is 1.53. The van der Waals surface area contributed by atoms with E-state index in [0.29, 0.717) is 5.75 Å². The van der Waals surface area contributed by atoms with Gasteiger partial charge in [0.25, 0.3) is 0 Å². The maximum Gasteiger partial charge on any atom is 0.419 e. The largest absolute Gasteiger partial charge is 0.492 e. The van der Waals surface area contributed by atoms with Gasteiger partial charge in [-0.25, -0.2) is 0 Å². The van der Waals surface area contributed by atoms with Gasteiger partial charge in [0.05, 0.1) is 12.2 Å². The molecule has 0 aliphatic heterocycles. The van der Waals surface area contributed by atoms with Crippen molar-refractivity contribution in [3.05, 3.63) is 29.3 Å². The Morgan fingerprint density at radius 1 is 1.44 bits per heavy atom. The molecule has 3 N–H and O–H groups in total. The number of benzene rings is 1. The van der Waals surface area contributed by atoms with Crippen molar-refractivity contribution in [1.29, 1.82) is 5.41 Å². The Morgan fingerprint density at radius 3 is 2.61 bits per heavy atom. The van der Waals surface area contributed by atoms with Gasteiger partial charge >= 0.3 is 6.18 Å². The van der Waals surface area contributed by atoms with Crippen LogP contribution in [0.5, 0.6) is 5.75 Å². The zero-order valence-electron chi connectivity index (χ0n) is 9.67. The minimum atomic E-state index is -4.53. The molecule has 7 heteroatoms. The summed E-state index contributed by atoms with van der Waals surface area (Å²) in [5.74, 6) is -0.0381. The number of amidine groups is 1. The van der Waals surface area contributed by atoms with Gasteiger partial charge in [-0.05, 0) is 24.5 Å². The highest BCUT2D eigenvalue weighted by molar-refractivity contribution is 7.98. The van der Waals surface area contributed by atoms with Gasteiger partial charge in [-0.15, -0.1) is 0 Å². The number of thioether (sulfide) groups is 1. The van der Waals surface area contributed by atoms with Gasteiger partial charge in [0.1, 0.15) is 11.6 Å². The Balaban J connectivity index is 3.05. The number of hydrogen-bond donors (Lipinski definition) is 2. The van der Waals surface area contributed by atoms with Crippen LogP contribution in [0, 0.1) is 5.41 Å². The van der Waals surface area contributed by atoms with Crippen LogP contribution in [-0.4, -0.2) is 24.5 Å². The zero-order chi connectivity index (χ0) is 13.8. The van der Waals surface area contributed by atoms with E-state index in [4.69, 9.17) is 15.9 Å². The smallest absolute Gasteiger partial charge is 0.419 e. The standard InChI is InChI=1S/C11H13F3N2OS/c1-18-5-4-17-9-3-2-7(10(15)16)6-8(9)11(12,13)14/h2-3,6H,4-5H2,1H3,(H3,15,16). The molecule has 0 heterocycles. The lowest BCUT2D eigenvalue weighted by molar-refractivity contribution is -0.138. The zero-order valence-corrected chi connectivity index (χ0v) is 10.5. The number of halogens is 3. The molecule has 0 atom stereocenters. The average Bonchev–Trinajstić information content (AvgIpc) is 2.28. The highest BCUT2D eigenvalue weighted by Crippen LogP contribution is 2.36. The Labute approximate surface area is 107 Å². The predicted molar refractivity (Wildman–Crippen MR) is 66.3 cm³/mol. The van der Waals surface area contributed by atoms with Crippen LogP contribution < -0.4 is 10.5 Å². The molecule has 18 heavy (non-hydrogen) atoms. The second-order valence-electron chi connectivity index (χ2n) is 3.46. The number of nitrogens with one attached hydrogen (secondary N) is 1. The van der Waals surface area contributed by atoms with Crippen LogP contribution in [0.2, 0.25) is 0 Å². The molecule has 0 fully saturated rings. The molecule has 1 rings (SSSR count). The molecule has 0 unspecified atom stereocenters. The van der Waals surface area contributed by atoms with E-state index in [0.717, 1.165) is 6.07 Å². The van der Waals surface area contributed by atoms with Crippen molar-refractivity contribution in [2.75, 3.05) is 18.6 Å². The van der Waals surface area contributed by atoms with Crippen molar-refractivity contribution < 1.29 is 17.9 Å². The average molecular weight is 278 g/mol. The van der Waals surface area contributed by atoms with E-state index in [1.54, 1.807) is 0 Å². The molecule has 3 nitrogen and oxygen atoms in total. The number of ether oxygens (including phenoxy) is 1. The molecule has 1 aromatic carbocycles. The molecule has 0 bridgehead atoms. The fraction of sp³-hybridized carbons (Fsp3) is 0.364. The van der Waals surface area contributed by atoms with Gasteiger partial charge in [-0.2, -0.15) is 24.9 Å². The number of nitrogen functional groups attached to an aromatic ring is 1. The summed E-state index contributed by atoms with van der Waals surface area (Å²) < 4.78 is 43.5. The van der Waals surface area contributed by atoms with Crippen LogP contribution in [0.25, 0.3) is 0 Å². The number of alkyl halides is 3. The van der Waals surface area contributed by atoms with Crippen molar-refractivity contribution in [3.8, 4) is 5.75 Å². The summed E-state index contributed by atoms with van der Waals surface area (Å²) >= 11 is 1.48. The lowest BCUT2D eigenvalue weighted by Crippen LogP contribution is -2.15. The van der Waals surface area contributed by atoms with E-state index in [9.17, 15) is 13.2 Å². The van der Waals surface area contributed by atoms with Crippen LogP contribution in [0.4, 0.5) is 13.2 Å². The van der Waals surface area contributed by atoms with Gasteiger partial charge in [0, 0.05) is 11.3 Å². The van der Waals surface area contributed by atoms with Crippen LogP contribution >= 0.6 is 11.8 Å². The molecule has 0 aliphatic rings. The second kappa shape index (κ2) is 5.99. The third kappa shape index (κ3) is 3.83. The van der Waals surface area contributed by atoms with Crippen molar-refractivity contribution in [2.45, 2.75) is 6.18 Å². The minimum Gasteiger partial charge on any atom is -0.492 e. The van der Waals surface area contributed by atoms with Gasteiger partial charge in [0.2, 0.25) is 0 Å². The quantitative estimate of drug-likeness (QED) is 0.494. The number of nitrogens with two attached hydrogens (primary N) is 1. The highest BCUT2D eigenvalue weighted by atomic mass is 32.2. The molecule has 100 valence electrons. The Bertz CT molecular complexity index is 435. The maximum absolute atomic E-state index is 12.8. The van der Waals surface area contributed by atoms with E-state index >= 15 is 0 Å². The first kappa shape index (κ1) is 14.7. The fourth-order valence-electron chi connectivity index (χ4n) is 1.28. The molecule has 1 aromatic rings. The molecule has 0 spiro atoms. The summed E-state index contributed by atoms with van der Waals surface area (Å²) in [4.78, 5) is 0. The Morgan fingerprint density at radius 2 is 2.11 bits per heavy atom. The summed E-state index contributed by atoms with van der Waals surface area (Å²) in [6, 6.07) is 3.36. The summed E-state index contributed by atoms with van der Waals surface area (Å²) in [5.41, 5.74) is 4.29. The van der Waals surface area contributed by atoms with Crippen molar-refractivity contribution in [3.63, 3.8) is 0 Å². The molecule has 0 amide bonds. The minimum absolute atomic E-state index is 0.0274. The van der Waals surface area contributed by atoms with Gasteiger partial charge in [-0.3, -0.25) is 5.41 Å². The third-order valence-corrected chi connectivity index (χ3v) is 2.72. The third-order valence-electron chi connectivity index (χ3n) is 2.14. The Kier molecular flexibility index (Phi) is 4.89. The van der Waals surface area contributed by atoms with E-state index in [1.807, 2.05) is 6.26 Å². The van der Waals surface area contributed by atoms with Crippen molar-refractivity contribution in [2.24, 2.45) is 5.73 Å². The Hall–Kier alpha value is -1.37.